The molecule has 1 heterocycles. The van der Waals surface area contributed by atoms with Crippen LogP contribution in [0.1, 0.15) is 31.2 Å². The molecular weight excluding hydrogens is 254 g/mol. The average molecular weight is 273 g/mol. The summed E-state index contributed by atoms with van der Waals surface area (Å²) in [5.41, 5.74) is 1.48. The van der Waals surface area contributed by atoms with Gasteiger partial charge in [-0.15, -0.1) is 0 Å². The molecule has 0 bridgehead atoms. The Balaban J connectivity index is 2.38. The SMILES string of the molecule is COC(=O)/C=C(/c1ccccc1)N1CCCCCC1=O. The lowest BCUT2D eigenvalue weighted by atomic mass is 10.1. The summed E-state index contributed by atoms with van der Waals surface area (Å²) in [5.74, 6) is -0.373. The Morgan fingerprint density at radius 3 is 2.65 bits per heavy atom. The van der Waals surface area contributed by atoms with Crippen molar-refractivity contribution in [2.45, 2.75) is 25.7 Å². The fourth-order valence-electron chi connectivity index (χ4n) is 2.33. The molecule has 20 heavy (non-hydrogen) atoms. The molecule has 1 fully saturated rings. The van der Waals surface area contributed by atoms with E-state index in [1.54, 1.807) is 4.90 Å². The first-order chi connectivity index (χ1) is 9.72. The normalized spacial score (nSPS) is 16.8. The van der Waals surface area contributed by atoms with Gasteiger partial charge in [0.2, 0.25) is 5.91 Å². The second-order valence-electron chi connectivity index (χ2n) is 4.77. The summed E-state index contributed by atoms with van der Waals surface area (Å²) in [5, 5.41) is 0. The van der Waals surface area contributed by atoms with Crippen molar-refractivity contribution < 1.29 is 14.3 Å². The zero-order valence-corrected chi connectivity index (χ0v) is 11.7. The predicted octanol–water partition coefficient (Wildman–Crippen LogP) is 2.60. The molecule has 0 aliphatic carbocycles. The van der Waals surface area contributed by atoms with Gasteiger partial charge in [-0.2, -0.15) is 0 Å². The van der Waals surface area contributed by atoms with Gasteiger partial charge in [-0.1, -0.05) is 36.8 Å². The number of carbonyl (C=O) groups is 2. The Kier molecular flexibility index (Phi) is 4.93. The van der Waals surface area contributed by atoms with Crippen molar-refractivity contribution in [1.29, 1.82) is 0 Å². The standard InChI is InChI=1S/C16H19NO3/c1-20-16(19)12-14(13-8-4-2-5-9-13)17-11-7-3-6-10-15(17)18/h2,4-5,8-9,12H,3,6-7,10-11H2,1H3/b14-12-. The first-order valence-electron chi connectivity index (χ1n) is 6.88. The summed E-state index contributed by atoms with van der Waals surface area (Å²) >= 11 is 0. The number of amides is 1. The van der Waals surface area contributed by atoms with Gasteiger partial charge in [-0.05, 0) is 18.4 Å². The maximum absolute atomic E-state index is 12.2. The lowest BCUT2D eigenvalue weighted by molar-refractivity contribution is -0.134. The number of benzene rings is 1. The molecule has 1 aliphatic rings. The molecule has 0 unspecified atom stereocenters. The summed E-state index contributed by atoms with van der Waals surface area (Å²) < 4.78 is 4.71. The lowest BCUT2D eigenvalue weighted by Gasteiger charge is -2.24. The largest absolute Gasteiger partial charge is 0.466 e. The summed E-state index contributed by atoms with van der Waals surface area (Å²) in [6.45, 7) is 0.649. The second-order valence-corrected chi connectivity index (χ2v) is 4.77. The number of nitrogens with zero attached hydrogens (tertiary/aromatic N) is 1. The van der Waals surface area contributed by atoms with E-state index in [2.05, 4.69) is 0 Å². The van der Waals surface area contributed by atoms with Crippen LogP contribution in [0, 0.1) is 0 Å². The van der Waals surface area contributed by atoms with Gasteiger partial charge in [-0.25, -0.2) is 4.79 Å². The first-order valence-corrected chi connectivity index (χ1v) is 6.88. The quantitative estimate of drug-likeness (QED) is 0.628. The fourth-order valence-corrected chi connectivity index (χ4v) is 2.33. The third-order valence-electron chi connectivity index (χ3n) is 3.39. The van der Waals surface area contributed by atoms with Crippen LogP contribution < -0.4 is 0 Å². The zero-order valence-electron chi connectivity index (χ0n) is 11.7. The van der Waals surface area contributed by atoms with E-state index in [4.69, 9.17) is 4.74 Å². The fraction of sp³-hybridized carbons (Fsp3) is 0.375. The molecule has 0 saturated carbocycles. The Labute approximate surface area is 119 Å². The number of methoxy groups -OCH3 is 1. The van der Waals surface area contributed by atoms with Crippen LogP contribution in [0.25, 0.3) is 5.70 Å². The van der Waals surface area contributed by atoms with Crippen molar-refractivity contribution in [3.05, 3.63) is 42.0 Å². The van der Waals surface area contributed by atoms with Gasteiger partial charge in [0.15, 0.2) is 0 Å². The highest BCUT2D eigenvalue weighted by Crippen LogP contribution is 2.24. The van der Waals surface area contributed by atoms with E-state index in [0.29, 0.717) is 18.7 Å². The van der Waals surface area contributed by atoms with Crippen LogP contribution >= 0.6 is 0 Å². The summed E-state index contributed by atoms with van der Waals surface area (Å²) in [6.07, 6.45) is 4.85. The molecule has 0 radical (unpaired) electrons. The molecule has 4 nitrogen and oxygen atoms in total. The van der Waals surface area contributed by atoms with Crippen LogP contribution in [0.3, 0.4) is 0 Å². The van der Waals surface area contributed by atoms with Gasteiger partial charge in [0.25, 0.3) is 0 Å². The summed E-state index contributed by atoms with van der Waals surface area (Å²) in [7, 11) is 1.34. The molecule has 4 heteroatoms. The molecule has 1 aromatic rings. The van der Waals surface area contributed by atoms with Crippen LogP contribution in [0.15, 0.2) is 36.4 Å². The zero-order chi connectivity index (χ0) is 14.4. The van der Waals surface area contributed by atoms with Crippen molar-refractivity contribution in [3.63, 3.8) is 0 Å². The Morgan fingerprint density at radius 1 is 1.20 bits per heavy atom. The molecule has 0 atom stereocenters. The number of hydrogen-bond donors (Lipinski definition) is 0. The van der Waals surface area contributed by atoms with E-state index in [9.17, 15) is 9.59 Å². The second kappa shape index (κ2) is 6.89. The minimum absolute atomic E-state index is 0.0708. The molecule has 106 valence electrons. The van der Waals surface area contributed by atoms with Crippen LogP contribution in [0.5, 0.6) is 0 Å². The van der Waals surface area contributed by atoms with E-state index >= 15 is 0 Å². The van der Waals surface area contributed by atoms with Gasteiger partial charge in [0, 0.05) is 19.0 Å². The van der Waals surface area contributed by atoms with Gasteiger partial charge in [0.1, 0.15) is 0 Å². The Bertz CT molecular complexity index is 508. The molecular formula is C16H19NO3. The molecule has 1 aliphatic heterocycles. The maximum Gasteiger partial charge on any atom is 0.332 e. The van der Waals surface area contributed by atoms with Crippen LogP contribution in [0.4, 0.5) is 0 Å². The van der Waals surface area contributed by atoms with Gasteiger partial charge < -0.3 is 9.64 Å². The number of rotatable bonds is 3. The van der Waals surface area contributed by atoms with Crippen molar-refractivity contribution >= 4 is 17.6 Å². The van der Waals surface area contributed by atoms with Gasteiger partial charge in [-0.3, -0.25) is 4.79 Å². The van der Waals surface area contributed by atoms with Crippen molar-refractivity contribution in [3.8, 4) is 0 Å². The molecule has 0 spiro atoms. The summed E-state index contributed by atoms with van der Waals surface area (Å²) in [4.78, 5) is 25.5. The molecule has 1 amide bonds. The Morgan fingerprint density at radius 2 is 1.95 bits per heavy atom. The van der Waals surface area contributed by atoms with Crippen molar-refractivity contribution in [1.82, 2.24) is 4.90 Å². The van der Waals surface area contributed by atoms with E-state index in [1.807, 2.05) is 30.3 Å². The highest BCUT2D eigenvalue weighted by Gasteiger charge is 2.22. The smallest absolute Gasteiger partial charge is 0.332 e. The van der Waals surface area contributed by atoms with Crippen molar-refractivity contribution in [2.24, 2.45) is 0 Å². The minimum atomic E-state index is -0.444. The highest BCUT2D eigenvalue weighted by molar-refractivity contribution is 5.96. The van der Waals surface area contributed by atoms with Gasteiger partial charge in [0.05, 0.1) is 12.8 Å². The maximum atomic E-state index is 12.2. The van der Waals surface area contributed by atoms with Crippen LogP contribution in [-0.4, -0.2) is 30.4 Å². The number of hydrogen-bond acceptors (Lipinski definition) is 3. The van der Waals surface area contributed by atoms with Crippen molar-refractivity contribution in [2.75, 3.05) is 13.7 Å². The molecule has 2 rings (SSSR count). The van der Waals surface area contributed by atoms with Crippen LogP contribution in [-0.2, 0) is 14.3 Å². The third kappa shape index (κ3) is 3.47. The third-order valence-corrected chi connectivity index (χ3v) is 3.39. The molecule has 0 N–H and O–H groups in total. The highest BCUT2D eigenvalue weighted by atomic mass is 16.5. The minimum Gasteiger partial charge on any atom is -0.466 e. The average Bonchev–Trinajstić information content (AvgIpc) is 2.70. The van der Waals surface area contributed by atoms with Crippen LogP contribution in [0.2, 0.25) is 0 Å². The van der Waals surface area contributed by atoms with E-state index < -0.39 is 5.97 Å². The van der Waals surface area contributed by atoms with E-state index in [0.717, 1.165) is 24.8 Å². The number of carbonyl (C=O) groups excluding carboxylic acids is 2. The predicted molar refractivity (Wildman–Crippen MR) is 76.6 cm³/mol. The number of esters is 1. The van der Waals surface area contributed by atoms with E-state index in [-0.39, 0.29) is 5.91 Å². The monoisotopic (exact) mass is 273 g/mol. The molecule has 0 aromatic heterocycles. The first kappa shape index (κ1) is 14.3. The molecule has 1 saturated heterocycles. The molecule has 1 aromatic carbocycles. The Hall–Kier alpha value is -2.10. The summed E-state index contributed by atoms with van der Waals surface area (Å²) in [6, 6.07) is 9.48. The van der Waals surface area contributed by atoms with Gasteiger partial charge >= 0.3 is 5.97 Å². The topological polar surface area (TPSA) is 46.6 Å². The number of likely N-dealkylation sites (tertiary alicyclic amines) is 1. The number of ether oxygens (including phenoxy) is 1. The lowest BCUT2D eigenvalue weighted by Crippen LogP contribution is -2.29. The van der Waals surface area contributed by atoms with E-state index in [1.165, 1.54) is 13.2 Å².